The Kier molecular flexibility index (Phi) is 8.32. The van der Waals surface area contributed by atoms with Gasteiger partial charge in [0.2, 0.25) is 0 Å². The van der Waals surface area contributed by atoms with Crippen LogP contribution in [0.25, 0.3) is 21.8 Å². The number of para-hydroxylation sites is 2. The van der Waals surface area contributed by atoms with Crippen molar-refractivity contribution in [3.8, 4) is 0 Å². The third kappa shape index (κ3) is 5.62. The van der Waals surface area contributed by atoms with Gasteiger partial charge in [-0.05, 0) is 41.7 Å². The van der Waals surface area contributed by atoms with Gasteiger partial charge in [-0.3, -0.25) is 9.59 Å². The highest BCUT2D eigenvalue weighted by Crippen LogP contribution is 2.36. The quantitative estimate of drug-likeness (QED) is 0.111. The van der Waals surface area contributed by atoms with Crippen molar-refractivity contribution in [3.63, 3.8) is 0 Å². The molecule has 0 saturated carbocycles. The van der Waals surface area contributed by atoms with Gasteiger partial charge < -0.3 is 31.9 Å². The van der Waals surface area contributed by atoms with Crippen LogP contribution < -0.4 is 17.2 Å². The standard InChI is InChI=1S/C34H37N5O4/c1-33(2,30(40)26(35)16-22-18-38-28-14-8-6-12-24(22)28)34(37,32(42)43-20-21-10-4-3-5-11-21)31(41)27(36)17-23-19-39-29-15-9-7-13-25(23)29/h3-15,18-19,26-27,38-39H,16-17,20,35-37H2,1-2H3. The number of ketones is 2. The number of esters is 1. The summed E-state index contributed by atoms with van der Waals surface area (Å²) in [5.74, 6) is -2.38. The zero-order valence-corrected chi connectivity index (χ0v) is 24.3. The summed E-state index contributed by atoms with van der Waals surface area (Å²) >= 11 is 0. The van der Waals surface area contributed by atoms with Crippen LogP contribution in [0.2, 0.25) is 0 Å². The molecule has 3 unspecified atom stereocenters. The van der Waals surface area contributed by atoms with Crippen molar-refractivity contribution in [2.75, 3.05) is 0 Å². The molecule has 8 N–H and O–H groups in total. The number of aromatic amines is 2. The predicted octanol–water partition coefficient (Wildman–Crippen LogP) is 3.69. The molecule has 2 aromatic heterocycles. The van der Waals surface area contributed by atoms with Crippen LogP contribution in [0.15, 0.2) is 91.3 Å². The molecule has 5 rings (SSSR count). The summed E-state index contributed by atoms with van der Waals surface area (Å²) in [5, 5.41) is 1.83. The summed E-state index contributed by atoms with van der Waals surface area (Å²) in [6, 6.07) is 22.0. The van der Waals surface area contributed by atoms with Crippen LogP contribution in [0.3, 0.4) is 0 Å². The minimum atomic E-state index is -2.41. The molecule has 9 heteroatoms. The summed E-state index contributed by atoms with van der Waals surface area (Å²) in [5.41, 5.74) is 19.7. The highest BCUT2D eigenvalue weighted by atomic mass is 16.5. The molecule has 0 saturated heterocycles. The lowest BCUT2D eigenvalue weighted by atomic mass is 9.64. The number of ether oxygens (including phenoxy) is 1. The van der Waals surface area contributed by atoms with Gasteiger partial charge in [0.15, 0.2) is 17.1 Å². The Bertz CT molecular complexity index is 1770. The Hall–Kier alpha value is -4.57. The van der Waals surface area contributed by atoms with Crippen LogP contribution >= 0.6 is 0 Å². The first-order valence-electron chi connectivity index (χ1n) is 14.2. The number of rotatable bonds is 12. The number of benzene rings is 3. The van der Waals surface area contributed by atoms with Crippen molar-refractivity contribution < 1.29 is 19.1 Å². The first-order valence-corrected chi connectivity index (χ1v) is 14.2. The molecule has 0 bridgehead atoms. The number of hydrogen-bond acceptors (Lipinski definition) is 7. The van der Waals surface area contributed by atoms with Gasteiger partial charge in [-0.25, -0.2) is 4.79 Å². The maximum Gasteiger partial charge on any atom is 0.335 e. The third-order valence-electron chi connectivity index (χ3n) is 8.43. The van der Waals surface area contributed by atoms with Gasteiger partial charge in [-0.15, -0.1) is 0 Å². The second kappa shape index (κ2) is 12.0. The van der Waals surface area contributed by atoms with Crippen LogP contribution in [-0.4, -0.2) is 45.1 Å². The minimum Gasteiger partial charge on any atom is -0.459 e. The Morgan fingerprint density at radius 2 is 1.19 bits per heavy atom. The Balaban J connectivity index is 1.44. The van der Waals surface area contributed by atoms with Gasteiger partial charge >= 0.3 is 5.97 Å². The molecular formula is C34H37N5O4. The van der Waals surface area contributed by atoms with Crippen molar-refractivity contribution in [1.82, 2.24) is 9.97 Å². The lowest BCUT2D eigenvalue weighted by molar-refractivity contribution is -0.165. The van der Waals surface area contributed by atoms with Crippen molar-refractivity contribution in [3.05, 3.63) is 108 Å². The summed E-state index contributed by atoms with van der Waals surface area (Å²) in [4.78, 5) is 48.4. The smallest absolute Gasteiger partial charge is 0.335 e. The fraction of sp³-hybridized carbons (Fsp3) is 0.265. The van der Waals surface area contributed by atoms with Crippen molar-refractivity contribution in [1.29, 1.82) is 0 Å². The molecule has 2 heterocycles. The normalized spacial score (nSPS) is 14.7. The van der Waals surface area contributed by atoms with E-state index in [-0.39, 0.29) is 19.4 Å². The van der Waals surface area contributed by atoms with E-state index in [0.29, 0.717) is 5.56 Å². The van der Waals surface area contributed by atoms with Gasteiger partial charge in [0, 0.05) is 34.2 Å². The van der Waals surface area contributed by atoms with Crippen LogP contribution in [0.1, 0.15) is 30.5 Å². The fourth-order valence-electron chi connectivity index (χ4n) is 5.71. The molecule has 0 aliphatic carbocycles. The number of H-pyrrole nitrogens is 2. The number of carbonyl (C=O) groups excluding carboxylic acids is 3. The Morgan fingerprint density at radius 3 is 1.72 bits per heavy atom. The van der Waals surface area contributed by atoms with E-state index in [1.54, 1.807) is 36.7 Å². The highest BCUT2D eigenvalue weighted by Gasteiger charge is 2.60. The maximum atomic E-state index is 14.2. The van der Waals surface area contributed by atoms with Crippen molar-refractivity contribution in [2.24, 2.45) is 22.6 Å². The van der Waals surface area contributed by atoms with E-state index in [1.807, 2.05) is 54.6 Å². The van der Waals surface area contributed by atoms with E-state index in [9.17, 15) is 14.4 Å². The Labute approximate surface area is 249 Å². The second-order valence-electron chi connectivity index (χ2n) is 11.6. The highest BCUT2D eigenvalue weighted by molar-refractivity contribution is 6.16. The Morgan fingerprint density at radius 1 is 0.721 bits per heavy atom. The van der Waals surface area contributed by atoms with E-state index in [4.69, 9.17) is 21.9 Å². The molecule has 0 fully saturated rings. The molecule has 0 amide bonds. The summed E-state index contributed by atoms with van der Waals surface area (Å²) in [7, 11) is 0. The van der Waals surface area contributed by atoms with E-state index in [0.717, 1.165) is 32.9 Å². The largest absolute Gasteiger partial charge is 0.459 e. The zero-order valence-electron chi connectivity index (χ0n) is 24.3. The topological polar surface area (TPSA) is 170 Å². The molecule has 3 aromatic carbocycles. The van der Waals surface area contributed by atoms with Crippen molar-refractivity contribution >= 4 is 39.3 Å². The molecule has 3 atom stereocenters. The number of Topliss-reactive ketones (excluding diaryl/α,β-unsaturated/α-hetero) is 2. The SMILES string of the molecule is CC(C)(C(=O)C(N)Cc1c[nH]c2ccccc12)C(N)(C(=O)OCc1ccccc1)C(=O)C(N)Cc1c[nH]c2ccccc12. The van der Waals surface area contributed by atoms with Crippen molar-refractivity contribution in [2.45, 2.75) is 50.9 Å². The second-order valence-corrected chi connectivity index (χ2v) is 11.6. The van der Waals surface area contributed by atoms with Crippen LogP contribution in [0.5, 0.6) is 0 Å². The van der Waals surface area contributed by atoms with E-state index < -0.39 is 40.6 Å². The monoisotopic (exact) mass is 579 g/mol. The molecule has 0 spiro atoms. The van der Waals surface area contributed by atoms with Gasteiger partial charge in [0.1, 0.15) is 6.61 Å². The summed E-state index contributed by atoms with van der Waals surface area (Å²) < 4.78 is 5.61. The first kappa shape index (κ1) is 29.9. The average Bonchev–Trinajstić information content (AvgIpc) is 3.63. The number of hydrogen-bond donors (Lipinski definition) is 5. The van der Waals surface area contributed by atoms with Crippen LogP contribution in [0, 0.1) is 5.41 Å². The molecule has 5 aromatic rings. The lowest BCUT2D eigenvalue weighted by Gasteiger charge is -2.41. The minimum absolute atomic E-state index is 0.0967. The number of fused-ring (bicyclic) bond motifs is 2. The van der Waals surface area contributed by atoms with Crippen LogP contribution in [0.4, 0.5) is 0 Å². The lowest BCUT2D eigenvalue weighted by Crippen LogP contribution is -2.72. The molecule has 0 aliphatic heterocycles. The summed E-state index contributed by atoms with van der Waals surface area (Å²) in [6.45, 7) is 2.80. The molecule has 9 nitrogen and oxygen atoms in total. The number of nitrogens with two attached hydrogens (primary N) is 3. The van der Waals surface area contributed by atoms with E-state index in [2.05, 4.69) is 9.97 Å². The zero-order chi connectivity index (χ0) is 30.8. The maximum absolute atomic E-state index is 14.2. The van der Waals surface area contributed by atoms with E-state index >= 15 is 0 Å². The summed E-state index contributed by atoms with van der Waals surface area (Å²) in [6.07, 6.45) is 3.85. The molecule has 0 radical (unpaired) electrons. The first-order chi connectivity index (χ1) is 20.5. The van der Waals surface area contributed by atoms with Gasteiger partial charge in [0.25, 0.3) is 0 Å². The number of carbonyl (C=O) groups is 3. The predicted molar refractivity (Wildman–Crippen MR) is 167 cm³/mol. The molecular weight excluding hydrogens is 542 g/mol. The average molecular weight is 580 g/mol. The fourth-order valence-corrected chi connectivity index (χ4v) is 5.71. The number of nitrogens with one attached hydrogen (secondary N) is 2. The van der Waals surface area contributed by atoms with Crippen LogP contribution in [-0.2, 0) is 38.6 Å². The number of aromatic nitrogens is 2. The van der Waals surface area contributed by atoms with E-state index in [1.165, 1.54) is 13.8 Å². The van der Waals surface area contributed by atoms with Gasteiger partial charge in [-0.2, -0.15) is 0 Å². The molecule has 222 valence electrons. The molecule has 0 aliphatic rings. The van der Waals surface area contributed by atoms with Gasteiger partial charge in [0.05, 0.1) is 17.5 Å². The van der Waals surface area contributed by atoms with Gasteiger partial charge in [-0.1, -0.05) is 80.6 Å². The molecule has 43 heavy (non-hydrogen) atoms. The third-order valence-corrected chi connectivity index (χ3v) is 8.43.